The number of hydrogen-bond donors (Lipinski definition) is 2. The van der Waals surface area contributed by atoms with Gasteiger partial charge in [0.1, 0.15) is 11.6 Å². The van der Waals surface area contributed by atoms with Crippen LogP contribution >= 0.6 is 11.6 Å². The second-order valence-electron chi connectivity index (χ2n) is 4.40. The molecule has 0 fully saturated rings. The second kappa shape index (κ2) is 5.50. The van der Waals surface area contributed by atoms with Crippen LogP contribution in [0.4, 0.5) is 4.39 Å². The third-order valence-electron chi connectivity index (χ3n) is 2.53. The zero-order valence-electron chi connectivity index (χ0n) is 10.3. The number of hydrogen-bond acceptors (Lipinski definition) is 2. The number of nitrogens with zero attached hydrogens (tertiary/aromatic N) is 1. The van der Waals surface area contributed by atoms with Crippen LogP contribution < -0.4 is 5.32 Å². The van der Waals surface area contributed by atoms with Gasteiger partial charge < -0.3 is 10.3 Å². The quantitative estimate of drug-likeness (QED) is 0.892. The van der Waals surface area contributed by atoms with E-state index in [1.165, 1.54) is 12.1 Å². The molecule has 2 N–H and O–H groups in total. The summed E-state index contributed by atoms with van der Waals surface area (Å²) in [6, 6.07) is 4.72. The molecular formula is C13H15ClFN3. The van der Waals surface area contributed by atoms with E-state index in [2.05, 4.69) is 29.1 Å². The number of benzene rings is 1. The summed E-state index contributed by atoms with van der Waals surface area (Å²) in [5.41, 5.74) is 1.54. The van der Waals surface area contributed by atoms with Crippen LogP contribution in [0.1, 0.15) is 19.7 Å². The Morgan fingerprint density at radius 1 is 1.44 bits per heavy atom. The molecule has 0 atom stereocenters. The van der Waals surface area contributed by atoms with Gasteiger partial charge in [-0.25, -0.2) is 9.37 Å². The van der Waals surface area contributed by atoms with Crippen LogP contribution in [0.2, 0.25) is 5.02 Å². The van der Waals surface area contributed by atoms with E-state index < -0.39 is 0 Å². The minimum Gasteiger partial charge on any atom is -0.341 e. The third kappa shape index (κ3) is 3.09. The fourth-order valence-electron chi connectivity index (χ4n) is 1.60. The van der Waals surface area contributed by atoms with E-state index in [4.69, 9.17) is 11.6 Å². The highest BCUT2D eigenvalue weighted by Gasteiger charge is 2.08. The average Bonchev–Trinajstić information content (AvgIpc) is 2.75. The molecule has 1 aromatic carbocycles. The molecule has 2 aromatic rings. The Hall–Kier alpha value is -1.39. The molecule has 3 nitrogen and oxygen atoms in total. The van der Waals surface area contributed by atoms with Gasteiger partial charge in [0.05, 0.1) is 23.5 Å². The van der Waals surface area contributed by atoms with Gasteiger partial charge in [-0.1, -0.05) is 25.4 Å². The van der Waals surface area contributed by atoms with Crippen molar-refractivity contribution in [2.45, 2.75) is 26.4 Å². The Labute approximate surface area is 110 Å². The molecule has 0 unspecified atom stereocenters. The lowest BCUT2D eigenvalue weighted by atomic mass is 10.2. The van der Waals surface area contributed by atoms with Crippen LogP contribution in [-0.4, -0.2) is 16.0 Å². The highest BCUT2D eigenvalue weighted by molar-refractivity contribution is 6.33. The van der Waals surface area contributed by atoms with E-state index in [9.17, 15) is 4.39 Å². The minimum atomic E-state index is -0.343. The zero-order valence-corrected chi connectivity index (χ0v) is 11.1. The van der Waals surface area contributed by atoms with Crippen molar-refractivity contribution in [1.82, 2.24) is 15.3 Å². The first-order valence-electron chi connectivity index (χ1n) is 5.79. The van der Waals surface area contributed by atoms with Crippen LogP contribution in [0.3, 0.4) is 0 Å². The molecule has 0 radical (unpaired) electrons. The summed E-state index contributed by atoms with van der Waals surface area (Å²) in [5.74, 6) is 0.490. The smallest absolute Gasteiger partial charge is 0.124 e. The van der Waals surface area contributed by atoms with Crippen molar-refractivity contribution in [1.29, 1.82) is 0 Å². The highest BCUT2D eigenvalue weighted by atomic mass is 35.5. The topological polar surface area (TPSA) is 40.7 Å². The van der Waals surface area contributed by atoms with Crippen LogP contribution in [0.5, 0.6) is 0 Å². The standard InChI is InChI=1S/C13H15ClFN3/c1-8(2)16-7-13-17-6-12(18-13)10-4-3-9(15)5-11(10)14/h3-6,8,16H,7H2,1-2H3,(H,17,18). The van der Waals surface area contributed by atoms with Crippen molar-refractivity contribution < 1.29 is 4.39 Å². The molecule has 18 heavy (non-hydrogen) atoms. The van der Waals surface area contributed by atoms with Crippen LogP contribution in [0.25, 0.3) is 11.3 Å². The number of rotatable bonds is 4. The Bertz CT molecular complexity index is 537. The molecule has 1 aromatic heterocycles. The lowest BCUT2D eigenvalue weighted by Crippen LogP contribution is -2.22. The number of H-pyrrole nitrogens is 1. The lowest BCUT2D eigenvalue weighted by molar-refractivity contribution is 0.575. The molecule has 0 spiro atoms. The predicted octanol–water partition coefficient (Wildman–Crippen LogP) is 3.37. The SMILES string of the molecule is CC(C)NCc1ncc(-c2ccc(F)cc2Cl)[nH]1. The number of aromatic nitrogens is 2. The second-order valence-corrected chi connectivity index (χ2v) is 4.81. The summed E-state index contributed by atoms with van der Waals surface area (Å²) < 4.78 is 13.0. The van der Waals surface area contributed by atoms with E-state index in [0.29, 0.717) is 17.6 Å². The van der Waals surface area contributed by atoms with E-state index in [0.717, 1.165) is 17.1 Å². The Kier molecular flexibility index (Phi) is 3.99. The van der Waals surface area contributed by atoms with Gasteiger partial charge in [-0.15, -0.1) is 0 Å². The van der Waals surface area contributed by atoms with Crippen molar-refractivity contribution in [3.63, 3.8) is 0 Å². The fourth-order valence-corrected chi connectivity index (χ4v) is 1.87. The maximum absolute atomic E-state index is 13.0. The molecular weight excluding hydrogens is 253 g/mol. The van der Waals surface area contributed by atoms with Crippen LogP contribution in [0.15, 0.2) is 24.4 Å². The summed E-state index contributed by atoms with van der Waals surface area (Å²) in [6.45, 7) is 4.80. The number of nitrogens with one attached hydrogen (secondary N) is 2. The zero-order chi connectivity index (χ0) is 13.1. The first kappa shape index (κ1) is 13.1. The number of aromatic amines is 1. The molecule has 0 amide bonds. The van der Waals surface area contributed by atoms with Crippen LogP contribution in [-0.2, 0) is 6.54 Å². The van der Waals surface area contributed by atoms with Gasteiger partial charge in [0.15, 0.2) is 0 Å². The van der Waals surface area contributed by atoms with Gasteiger partial charge in [-0.05, 0) is 18.2 Å². The number of halogens is 2. The Morgan fingerprint density at radius 2 is 2.22 bits per heavy atom. The fraction of sp³-hybridized carbons (Fsp3) is 0.308. The van der Waals surface area contributed by atoms with Crippen molar-refractivity contribution in [2.24, 2.45) is 0 Å². The van der Waals surface area contributed by atoms with E-state index in [1.807, 2.05) is 0 Å². The van der Waals surface area contributed by atoms with Gasteiger partial charge in [0.25, 0.3) is 0 Å². The molecule has 0 bridgehead atoms. The highest BCUT2D eigenvalue weighted by Crippen LogP contribution is 2.26. The molecule has 1 heterocycles. The summed E-state index contributed by atoms with van der Waals surface area (Å²) in [5, 5.41) is 3.64. The summed E-state index contributed by atoms with van der Waals surface area (Å²) in [6.07, 6.45) is 1.70. The van der Waals surface area contributed by atoms with Gasteiger partial charge in [-0.3, -0.25) is 0 Å². The van der Waals surface area contributed by atoms with Crippen LogP contribution in [0, 0.1) is 5.82 Å². The molecule has 0 saturated carbocycles. The maximum Gasteiger partial charge on any atom is 0.124 e. The first-order valence-corrected chi connectivity index (χ1v) is 6.16. The van der Waals surface area contributed by atoms with Crippen molar-refractivity contribution >= 4 is 11.6 Å². The van der Waals surface area contributed by atoms with E-state index in [1.54, 1.807) is 12.3 Å². The lowest BCUT2D eigenvalue weighted by Gasteiger charge is -2.05. The monoisotopic (exact) mass is 267 g/mol. The normalized spacial score (nSPS) is 11.2. The average molecular weight is 268 g/mol. The Morgan fingerprint density at radius 3 is 2.89 bits per heavy atom. The van der Waals surface area contributed by atoms with Crippen molar-refractivity contribution in [2.75, 3.05) is 0 Å². The maximum atomic E-state index is 13.0. The van der Waals surface area contributed by atoms with Gasteiger partial charge in [0.2, 0.25) is 0 Å². The Balaban J connectivity index is 2.18. The summed E-state index contributed by atoms with van der Waals surface area (Å²) >= 11 is 6.00. The molecule has 0 aliphatic heterocycles. The first-order chi connectivity index (χ1) is 8.56. The minimum absolute atomic E-state index is 0.343. The van der Waals surface area contributed by atoms with Gasteiger partial charge >= 0.3 is 0 Å². The van der Waals surface area contributed by atoms with Crippen molar-refractivity contribution in [3.8, 4) is 11.3 Å². The number of imidazole rings is 1. The van der Waals surface area contributed by atoms with E-state index >= 15 is 0 Å². The van der Waals surface area contributed by atoms with Gasteiger partial charge in [0, 0.05) is 11.6 Å². The largest absolute Gasteiger partial charge is 0.341 e. The molecule has 96 valence electrons. The summed E-state index contributed by atoms with van der Waals surface area (Å²) in [4.78, 5) is 7.42. The molecule has 5 heteroatoms. The van der Waals surface area contributed by atoms with E-state index in [-0.39, 0.29) is 5.82 Å². The van der Waals surface area contributed by atoms with Crippen molar-refractivity contribution in [3.05, 3.63) is 41.1 Å². The summed E-state index contributed by atoms with van der Waals surface area (Å²) in [7, 11) is 0. The van der Waals surface area contributed by atoms with Gasteiger partial charge in [-0.2, -0.15) is 0 Å². The molecule has 0 aliphatic carbocycles. The predicted molar refractivity (Wildman–Crippen MR) is 71.0 cm³/mol. The molecule has 0 saturated heterocycles. The third-order valence-corrected chi connectivity index (χ3v) is 2.84. The molecule has 0 aliphatic rings. The molecule has 2 rings (SSSR count).